The van der Waals surface area contributed by atoms with Crippen LogP contribution in [-0.2, 0) is 33.6 Å². The summed E-state index contributed by atoms with van der Waals surface area (Å²) < 4.78 is 0. The maximum Gasteiger partial charge on any atom is 0.336 e. The number of aliphatic carboxylic acids is 7. The second kappa shape index (κ2) is 16.0. The first-order valence-corrected chi connectivity index (χ1v) is 9.59. The molecule has 0 aliphatic rings. The Labute approximate surface area is 207 Å². The van der Waals surface area contributed by atoms with Crippen molar-refractivity contribution in [2.75, 3.05) is 0 Å². The summed E-state index contributed by atoms with van der Waals surface area (Å²) in [7, 11) is 0. The predicted octanol–water partition coefficient (Wildman–Crippen LogP) is -0.713. The molecule has 0 aliphatic carbocycles. The van der Waals surface area contributed by atoms with E-state index in [4.69, 9.17) is 46.0 Å². The molecule has 1 aromatic carbocycles. The van der Waals surface area contributed by atoms with Crippen LogP contribution in [0.15, 0.2) is 36.4 Å². The summed E-state index contributed by atoms with van der Waals surface area (Å²) in [6.45, 7) is 0. The van der Waals surface area contributed by atoms with Gasteiger partial charge in [0.2, 0.25) is 0 Å². The minimum absolute atomic E-state index is 0.898. The molecule has 0 bridgehead atoms. The fraction of sp³-hybridized carbons (Fsp3) is 0.286. The molecule has 1 aromatic rings. The monoisotopic (exact) mass is 532 g/mol. The van der Waals surface area contributed by atoms with E-state index in [9.17, 15) is 33.6 Å². The molecule has 0 saturated heterocycles. The summed E-state index contributed by atoms with van der Waals surface area (Å²) in [5, 5.41) is 75.9. The topological polar surface area (TPSA) is 302 Å². The summed E-state index contributed by atoms with van der Waals surface area (Å²) in [6.07, 6.45) is -1.90. The fourth-order valence-electron chi connectivity index (χ4n) is 2.16. The Morgan fingerprint density at radius 3 is 1.08 bits per heavy atom. The zero-order chi connectivity index (χ0) is 29.4. The number of carboxylic acids is 7. The van der Waals surface area contributed by atoms with Gasteiger partial charge in [-0.1, -0.05) is 30.3 Å². The Hall–Kier alpha value is -4.83. The molecule has 16 nitrogen and oxygen atoms in total. The van der Waals surface area contributed by atoms with Crippen molar-refractivity contribution in [3.63, 3.8) is 0 Å². The quantitative estimate of drug-likeness (QED) is 0.150. The molecule has 0 aliphatic heterocycles. The van der Waals surface area contributed by atoms with E-state index < -0.39 is 78.7 Å². The second-order valence-electron chi connectivity index (χ2n) is 7.04. The number of carboxylic acid groups (broad SMARTS) is 7. The minimum atomic E-state index is -2.74. The molecule has 16 heteroatoms. The predicted molar refractivity (Wildman–Crippen MR) is 117 cm³/mol. The maximum absolute atomic E-state index is 10.3. The van der Waals surface area contributed by atoms with Gasteiger partial charge < -0.3 is 46.0 Å². The summed E-state index contributed by atoms with van der Waals surface area (Å²) in [6, 6.07) is 9.31. The second-order valence-corrected chi connectivity index (χ2v) is 7.04. The number of rotatable bonds is 12. The Bertz CT molecular complexity index is 927. The van der Waals surface area contributed by atoms with E-state index in [1.165, 1.54) is 0 Å². The molecule has 0 saturated carbocycles. The Balaban J connectivity index is 0. The van der Waals surface area contributed by atoms with Crippen LogP contribution in [0.1, 0.15) is 31.2 Å². The third-order valence-electron chi connectivity index (χ3n) is 3.79. The van der Waals surface area contributed by atoms with Crippen LogP contribution in [0, 0.1) is 0 Å². The molecule has 204 valence electrons. The summed E-state index contributed by atoms with van der Waals surface area (Å²) in [4.78, 5) is 71.1. The van der Waals surface area contributed by atoms with Crippen LogP contribution >= 0.6 is 0 Å². The van der Waals surface area contributed by atoms with Crippen molar-refractivity contribution in [1.82, 2.24) is 0 Å². The fourth-order valence-corrected chi connectivity index (χ4v) is 2.16. The van der Waals surface area contributed by atoms with E-state index in [-0.39, 0.29) is 0 Å². The van der Waals surface area contributed by atoms with Crippen LogP contribution in [0.5, 0.6) is 0 Å². The standard InChI is InChI=1S/C9H8O2.2C6H8O7/c10-9(11)7-6-8-4-2-1-3-5-8;2*7-3(8)1-6(13,5(11)12)2-4(9)10/h1-7H,(H,10,11);2*13H,1-2H2,(H,7,8)(H,9,10)(H,11,12). The van der Waals surface area contributed by atoms with Gasteiger partial charge in [0, 0.05) is 6.08 Å². The van der Waals surface area contributed by atoms with E-state index in [0.29, 0.717) is 0 Å². The molecule has 1 rings (SSSR count). The molecule has 0 fully saturated rings. The van der Waals surface area contributed by atoms with Gasteiger partial charge in [0.15, 0.2) is 11.2 Å². The zero-order valence-corrected chi connectivity index (χ0v) is 18.8. The summed E-state index contributed by atoms with van der Waals surface area (Å²) >= 11 is 0. The Morgan fingerprint density at radius 1 is 0.568 bits per heavy atom. The first-order chi connectivity index (χ1) is 16.8. The first kappa shape index (κ1) is 34.3. The third kappa shape index (κ3) is 16.4. The summed E-state index contributed by atoms with van der Waals surface area (Å²) in [5.41, 5.74) is -4.58. The van der Waals surface area contributed by atoms with Crippen molar-refractivity contribution in [1.29, 1.82) is 0 Å². The van der Waals surface area contributed by atoms with Gasteiger partial charge >= 0.3 is 41.8 Å². The summed E-state index contributed by atoms with van der Waals surface area (Å²) in [5.74, 6) is -11.0. The molecular weight excluding hydrogens is 508 g/mol. The van der Waals surface area contributed by atoms with Gasteiger partial charge in [-0.05, 0) is 11.6 Å². The van der Waals surface area contributed by atoms with E-state index in [1.54, 1.807) is 6.08 Å². The average molecular weight is 532 g/mol. The maximum atomic E-state index is 10.3. The molecule has 0 radical (unpaired) electrons. The van der Waals surface area contributed by atoms with Crippen LogP contribution in [0.25, 0.3) is 6.08 Å². The number of carbonyl (C=O) groups is 7. The molecule has 0 aromatic heterocycles. The number of hydrogen-bond donors (Lipinski definition) is 9. The van der Waals surface area contributed by atoms with Gasteiger partial charge in [-0.3, -0.25) is 19.2 Å². The Kier molecular flexibility index (Phi) is 14.8. The smallest absolute Gasteiger partial charge is 0.336 e. The highest BCUT2D eigenvalue weighted by molar-refractivity contribution is 5.89. The average Bonchev–Trinajstić information content (AvgIpc) is 2.71. The van der Waals surface area contributed by atoms with Crippen LogP contribution < -0.4 is 0 Å². The van der Waals surface area contributed by atoms with Gasteiger partial charge in [0.05, 0.1) is 25.7 Å². The van der Waals surface area contributed by atoms with Crippen LogP contribution in [-0.4, -0.2) is 98.9 Å². The van der Waals surface area contributed by atoms with Crippen molar-refractivity contribution in [3.8, 4) is 0 Å². The van der Waals surface area contributed by atoms with E-state index in [2.05, 4.69) is 0 Å². The largest absolute Gasteiger partial charge is 0.481 e. The Morgan fingerprint density at radius 2 is 0.865 bits per heavy atom. The normalized spacial score (nSPS) is 10.6. The van der Waals surface area contributed by atoms with Gasteiger partial charge in [0.1, 0.15) is 0 Å². The highest BCUT2D eigenvalue weighted by Crippen LogP contribution is 2.16. The van der Waals surface area contributed by atoms with Crippen LogP contribution in [0.2, 0.25) is 0 Å². The molecule has 0 spiro atoms. The van der Waals surface area contributed by atoms with Crippen molar-refractivity contribution in [2.24, 2.45) is 0 Å². The minimum Gasteiger partial charge on any atom is -0.481 e. The lowest BCUT2D eigenvalue weighted by atomic mass is 9.96. The number of aliphatic hydroxyl groups is 2. The van der Waals surface area contributed by atoms with Crippen LogP contribution in [0.3, 0.4) is 0 Å². The number of benzene rings is 1. The molecule has 0 amide bonds. The molecule has 0 atom stereocenters. The number of hydrogen-bond acceptors (Lipinski definition) is 9. The van der Waals surface area contributed by atoms with Crippen molar-refractivity contribution < 1.29 is 79.5 Å². The van der Waals surface area contributed by atoms with Crippen molar-refractivity contribution in [3.05, 3.63) is 42.0 Å². The lowest BCUT2D eigenvalue weighted by molar-refractivity contribution is -0.170. The molecule has 9 N–H and O–H groups in total. The van der Waals surface area contributed by atoms with Gasteiger partial charge in [-0.25, -0.2) is 14.4 Å². The molecule has 0 heterocycles. The zero-order valence-electron chi connectivity index (χ0n) is 18.8. The highest BCUT2D eigenvalue weighted by atomic mass is 16.4. The molecule has 0 unspecified atom stereocenters. The highest BCUT2D eigenvalue weighted by Gasteiger charge is 2.41. The van der Waals surface area contributed by atoms with Crippen LogP contribution in [0.4, 0.5) is 0 Å². The van der Waals surface area contributed by atoms with E-state index in [1.807, 2.05) is 30.3 Å². The van der Waals surface area contributed by atoms with Crippen molar-refractivity contribution >= 4 is 47.9 Å². The molecule has 37 heavy (non-hydrogen) atoms. The van der Waals surface area contributed by atoms with E-state index >= 15 is 0 Å². The first-order valence-electron chi connectivity index (χ1n) is 9.59. The third-order valence-corrected chi connectivity index (χ3v) is 3.79. The van der Waals surface area contributed by atoms with Gasteiger partial charge in [-0.15, -0.1) is 0 Å². The van der Waals surface area contributed by atoms with E-state index in [0.717, 1.165) is 11.6 Å². The van der Waals surface area contributed by atoms with Gasteiger partial charge in [-0.2, -0.15) is 0 Å². The molecular formula is C21H24O16. The van der Waals surface area contributed by atoms with Crippen molar-refractivity contribution in [2.45, 2.75) is 36.9 Å². The SMILES string of the molecule is O=C(O)C=Cc1ccccc1.O=C(O)CC(O)(CC(=O)O)C(=O)O.O=C(O)CC(O)(CC(=O)O)C(=O)O. The lowest BCUT2D eigenvalue weighted by Crippen LogP contribution is -2.42. The van der Waals surface area contributed by atoms with Gasteiger partial charge in [0.25, 0.3) is 0 Å². The lowest BCUT2D eigenvalue weighted by Gasteiger charge is -2.18.